The van der Waals surface area contributed by atoms with Gasteiger partial charge in [0.15, 0.2) is 5.78 Å². The largest absolute Gasteiger partial charge is 0.445 e. The van der Waals surface area contributed by atoms with Crippen molar-refractivity contribution in [2.75, 3.05) is 19.8 Å². The van der Waals surface area contributed by atoms with Gasteiger partial charge in [0.1, 0.15) is 6.61 Å². The van der Waals surface area contributed by atoms with E-state index >= 15 is 0 Å². The number of ether oxygens (including phenoxy) is 3. The number of cyclic esters (lactones) is 3. The summed E-state index contributed by atoms with van der Waals surface area (Å²) in [6.07, 6.45) is 15.5. The van der Waals surface area contributed by atoms with Gasteiger partial charge in [-0.2, -0.15) is 0 Å². The topological polar surface area (TPSA) is 157 Å². The summed E-state index contributed by atoms with van der Waals surface area (Å²) in [5.41, 5.74) is -2.71. The molecular weight excluding hydrogens is 484 g/mol. The van der Waals surface area contributed by atoms with E-state index in [1.807, 2.05) is 0 Å². The monoisotopic (exact) mass is 526 g/mol. The average molecular weight is 527 g/mol. The van der Waals surface area contributed by atoms with Gasteiger partial charge in [0.25, 0.3) is 5.60 Å². The van der Waals surface area contributed by atoms with Gasteiger partial charge >= 0.3 is 17.9 Å². The van der Waals surface area contributed by atoms with Crippen LogP contribution in [0.5, 0.6) is 0 Å². The van der Waals surface area contributed by atoms with Crippen LogP contribution in [0.15, 0.2) is 24.3 Å². The van der Waals surface area contributed by atoms with Crippen LogP contribution in [0.2, 0.25) is 0 Å². The molecule has 0 spiro atoms. The van der Waals surface area contributed by atoms with E-state index in [1.165, 1.54) is 19.3 Å². The van der Waals surface area contributed by atoms with Crippen LogP contribution in [0.25, 0.3) is 0 Å². The molecule has 0 aromatic rings. The Kier molecular flexibility index (Phi) is 16.4. The summed E-state index contributed by atoms with van der Waals surface area (Å²) in [5.74, 6) is -5.05. The normalized spacial score (nSPS) is 22.9. The van der Waals surface area contributed by atoms with E-state index in [4.69, 9.17) is 14.2 Å². The second-order valence-corrected chi connectivity index (χ2v) is 8.99. The minimum absolute atomic E-state index is 0.185. The molecule has 1 rings (SSSR count). The number of allylic oxidation sites excluding steroid dienone is 4. The van der Waals surface area contributed by atoms with Gasteiger partial charge in [0.05, 0.1) is 13.2 Å². The summed E-state index contributed by atoms with van der Waals surface area (Å²) in [4.78, 5) is 49.8. The number of rotatable bonds is 18. The van der Waals surface area contributed by atoms with E-state index in [1.54, 1.807) is 0 Å². The molecule has 37 heavy (non-hydrogen) atoms. The third-order valence-electron chi connectivity index (χ3n) is 6.00. The van der Waals surface area contributed by atoms with Crippen LogP contribution in [0.1, 0.15) is 84.0 Å². The molecule has 10 nitrogen and oxygen atoms in total. The van der Waals surface area contributed by atoms with Gasteiger partial charge in [0.2, 0.25) is 12.2 Å². The van der Waals surface area contributed by atoms with Gasteiger partial charge in [-0.25, -0.2) is 14.4 Å². The summed E-state index contributed by atoms with van der Waals surface area (Å²) < 4.78 is 14.5. The van der Waals surface area contributed by atoms with Crippen molar-refractivity contribution in [3.63, 3.8) is 0 Å². The zero-order chi connectivity index (χ0) is 27.5. The molecule has 210 valence electrons. The molecule has 3 atom stereocenters. The maximum Gasteiger partial charge on any atom is 0.362 e. The molecule has 0 amide bonds. The SMILES string of the molecule is CCCCC/C=C\C/C=C\CCCCCCCC(=O)C1(CO)OC(=O)C(CO)OC(=O)C(CO)OC1=O. The lowest BCUT2D eigenvalue weighted by Crippen LogP contribution is -2.56. The van der Waals surface area contributed by atoms with Crippen molar-refractivity contribution in [2.45, 2.75) is 102 Å². The van der Waals surface area contributed by atoms with Crippen LogP contribution >= 0.6 is 0 Å². The van der Waals surface area contributed by atoms with E-state index in [9.17, 15) is 34.5 Å². The second kappa shape index (κ2) is 18.6. The molecule has 1 heterocycles. The quantitative estimate of drug-likeness (QED) is 0.0797. The van der Waals surface area contributed by atoms with Crippen LogP contribution in [0, 0.1) is 0 Å². The maximum atomic E-state index is 12.9. The van der Waals surface area contributed by atoms with Crippen LogP contribution in [0.3, 0.4) is 0 Å². The Morgan fingerprint density at radius 3 is 1.95 bits per heavy atom. The van der Waals surface area contributed by atoms with Crippen LogP contribution in [-0.2, 0) is 33.4 Å². The minimum Gasteiger partial charge on any atom is -0.445 e. The highest BCUT2D eigenvalue weighted by atomic mass is 16.7. The highest BCUT2D eigenvalue weighted by Gasteiger charge is 2.53. The van der Waals surface area contributed by atoms with Crippen molar-refractivity contribution in [1.29, 1.82) is 0 Å². The Morgan fingerprint density at radius 2 is 1.35 bits per heavy atom. The number of hydrogen-bond donors (Lipinski definition) is 3. The van der Waals surface area contributed by atoms with Crippen molar-refractivity contribution < 1.29 is 48.7 Å². The van der Waals surface area contributed by atoms with E-state index in [0.29, 0.717) is 12.8 Å². The first-order valence-electron chi connectivity index (χ1n) is 13.2. The van der Waals surface area contributed by atoms with E-state index in [-0.39, 0.29) is 6.42 Å². The van der Waals surface area contributed by atoms with Gasteiger partial charge in [-0.05, 0) is 38.5 Å². The number of carbonyl (C=O) groups excluding carboxylic acids is 4. The maximum absolute atomic E-state index is 12.9. The molecule has 1 fully saturated rings. The summed E-state index contributed by atoms with van der Waals surface area (Å²) in [5, 5.41) is 28.5. The molecule has 1 aliphatic heterocycles. The van der Waals surface area contributed by atoms with E-state index in [0.717, 1.165) is 38.5 Å². The Bertz CT molecular complexity index is 773. The standard InChI is InChI=1S/C27H42O10/c1-2-3-4-5-6-7-8-9-10-11-12-13-14-15-16-17-23(31)27(20-30)26(34)36-21(18-28)24(32)35-22(19-29)25(33)37-27/h6-7,9-10,21-22,28-30H,2-5,8,11-20H2,1H3/b7-6-,10-9-. The fourth-order valence-corrected chi connectivity index (χ4v) is 3.69. The predicted octanol–water partition coefficient (Wildman–Crippen LogP) is 2.47. The molecule has 0 aliphatic carbocycles. The molecule has 0 bridgehead atoms. The zero-order valence-corrected chi connectivity index (χ0v) is 21.8. The summed E-state index contributed by atoms with van der Waals surface area (Å²) in [6.45, 7) is -1.01. The first-order valence-corrected chi connectivity index (χ1v) is 13.2. The number of esters is 3. The molecule has 1 aliphatic rings. The molecule has 0 aromatic carbocycles. The lowest BCUT2D eigenvalue weighted by molar-refractivity contribution is -0.194. The molecule has 3 unspecified atom stereocenters. The van der Waals surface area contributed by atoms with Crippen molar-refractivity contribution >= 4 is 23.7 Å². The van der Waals surface area contributed by atoms with E-state index < -0.39 is 61.3 Å². The lowest BCUT2D eigenvalue weighted by atomic mass is 9.94. The Hall–Kier alpha value is -2.56. The van der Waals surface area contributed by atoms with E-state index in [2.05, 4.69) is 31.2 Å². The first kappa shape index (κ1) is 32.5. The van der Waals surface area contributed by atoms with Gasteiger partial charge in [-0.3, -0.25) is 4.79 Å². The Labute approximate surface area is 218 Å². The van der Waals surface area contributed by atoms with Gasteiger partial charge < -0.3 is 29.5 Å². The van der Waals surface area contributed by atoms with Crippen LogP contribution in [0.4, 0.5) is 0 Å². The molecule has 0 radical (unpaired) electrons. The molecule has 0 saturated carbocycles. The average Bonchev–Trinajstić information content (AvgIpc) is 2.93. The number of ketones is 1. The number of hydrogen-bond acceptors (Lipinski definition) is 10. The van der Waals surface area contributed by atoms with Gasteiger partial charge in [-0.1, -0.05) is 63.3 Å². The molecule has 3 N–H and O–H groups in total. The number of carbonyl (C=O) groups is 4. The summed E-state index contributed by atoms with van der Waals surface area (Å²) in [6, 6.07) is 0. The molecule has 0 aromatic heterocycles. The fourth-order valence-electron chi connectivity index (χ4n) is 3.69. The summed E-state index contributed by atoms with van der Waals surface area (Å²) in [7, 11) is 0. The number of aliphatic hydroxyl groups is 3. The predicted molar refractivity (Wildman–Crippen MR) is 134 cm³/mol. The third-order valence-corrected chi connectivity index (χ3v) is 6.00. The Morgan fingerprint density at radius 1 is 0.784 bits per heavy atom. The van der Waals surface area contributed by atoms with Gasteiger partial charge in [0, 0.05) is 6.42 Å². The van der Waals surface area contributed by atoms with Crippen molar-refractivity contribution in [3.05, 3.63) is 24.3 Å². The summed E-state index contributed by atoms with van der Waals surface area (Å²) >= 11 is 0. The minimum atomic E-state index is -2.71. The molecule has 1 saturated heterocycles. The zero-order valence-electron chi connectivity index (χ0n) is 21.8. The lowest BCUT2D eigenvalue weighted by Gasteiger charge is -2.28. The van der Waals surface area contributed by atoms with Crippen molar-refractivity contribution in [2.24, 2.45) is 0 Å². The van der Waals surface area contributed by atoms with Crippen LogP contribution in [-0.4, -0.2) is 76.6 Å². The smallest absolute Gasteiger partial charge is 0.362 e. The number of Topliss-reactive ketones (excluding diaryl/α,β-unsaturated/α-hetero) is 1. The highest BCUT2D eigenvalue weighted by molar-refractivity contribution is 6.09. The highest BCUT2D eigenvalue weighted by Crippen LogP contribution is 2.23. The van der Waals surface area contributed by atoms with Crippen molar-refractivity contribution in [3.8, 4) is 0 Å². The third kappa shape index (κ3) is 11.2. The second-order valence-electron chi connectivity index (χ2n) is 8.99. The Balaban J connectivity index is 2.48. The molecule has 10 heteroatoms. The van der Waals surface area contributed by atoms with Crippen LogP contribution < -0.4 is 0 Å². The first-order chi connectivity index (χ1) is 17.9. The van der Waals surface area contributed by atoms with Gasteiger partial charge in [-0.15, -0.1) is 0 Å². The number of unbranched alkanes of at least 4 members (excludes halogenated alkanes) is 8. The number of aliphatic hydroxyl groups excluding tert-OH is 3. The fraction of sp³-hybridized carbons (Fsp3) is 0.704. The molecular formula is C27H42O10. The van der Waals surface area contributed by atoms with Crippen molar-refractivity contribution in [1.82, 2.24) is 0 Å².